The molecule has 0 saturated heterocycles. The molecular formula is C21H21N5O2. The molecule has 0 N–H and O–H groups in total. The normalized spacial score (nSPS) is 11.2. The molecule has 3 heterocycles. The Labute approximate surface area is 161 Å². The molecule has 142 valence electrons. The lowest BCUT2D eigenvalue weighted by atomic mass is 10.1. The SMILES string of the molecule is CCn1c(C)cc(C(=O)Cn2cnc3c(cnn3-c3ccccc3)c2=O)c1C. The second-order valence-electron chi connectivity index (χ2n) is 6.76. The van der Waals surface area contributed by atoms with Crippen molar-refractivity contribution in [3.63, 3.8) is 0 Å². The van der Waals surface area contributed by atoms with Crippen LogP contribution in [0.15, 0.2) is 53.7 Å². The summed E-state index contributed by atoms with van der Waals surface area (Å²) in [6, 6.07) is 11.4. The third-order valence-corrected chi connectivity index (χ3v) is 5.06. The summed E-state index contributed by atoms with van der Waals surface area (Å²) in [7, 11) is 0. The molecule has 3 aromatic heterocycles. The number of ketones is 1. The Hall–Kier alpha value is -3.48. The first-order valence-corrected chi connectivity index (χ1v) is 9.19. The average Bonchev–Trinajstić information content (AvgIpc) is 3.25. The van der Waals surface area contributed by atoms with E-state index in [4.69, 9.17) is 0 Å². The minimum Gasteiger partial charge on any atom is -0.349 e. The third-order valence-electron chi connectivity index (χ3n) is 5.06. The van der Waals surface area contributed by atoms with Crippen LogP contribution >= 0.6 is 0 Å². The smallest absolute Gasteiger partial charge is 0.264 e. The second-order valence-corrected chi connectivity index (χ2v) is 6.76. The topological polar surface area (TPSA) is 74.7 Å². The number of aromatic nitrogens is 5. The van der Waals surface area contributed by atoms with Crippen LogP contribution in [0.4, 0.5) is 0 Å². The number of fused-ring (bicyclic) bond motifs is 1. The molecular weight excluding hydrogens is 354 g/mol. The van der Waals surface area contributed by atoms with Gasteiger partial charge in [-0.25, -0.2) is 9.67 Å². The molecule has 0 fully saturated rings. The summed E-state index contributed by atoms with van der Waals surface area (Å²) in [6.45, 7) is 6.70. The van der Waals surface area contributed by atoms with Crippen LogP contribution in [0.1, 0.15) is 28.7 Å². The van der Waals surface area contributed by atoms with Crippen molar-refractivity contribution >= 4 is 16.8 Å². The molecule has 0 radical (unpaired) electrons. The van der Waals surface area contributed by atoms with Gasteiger partial charge in [-0.05, 0) is 39.0 Å². The summed E-state index contributed by atoms with van der Waals surface area (Å²) < 4.78 is 5.05. The number of nitrogens with zero attached hydrogens (tertiary/aromatic N) is 5. The Balaban J connectivity index is 1.70. The Morgan fingerprint density at radius 2 is 1.89 bits per heavy atom. The zero-order chi connectivity index (χ0) is 19.8. The molecule has 7 heteroatoms. The maximum Gasteiger partial charge on any atom is 0.264 e. The molecule has 0 aliphatic heterocycles. The maximum absolute atomic E-state index is 12.9. The van der Waals surface area contributed by atoms with Crippen molar-refractivity contribution in [1.29, 1.82) is 0 Å². The number of Topliss-reactive ketones (excluding diaryl/α,β-unsaturated/α-hetero) is 1. The van der Waals surface area contributed by atoms with Gasteiger partial charge < -0.3 is 4.57 Å². The first kappa shape index (κ1) is 17.9. The zero-order valence-corrected chi connectivity index (χ0v) is 16.1. The van der Waals surface area contributed by atoms with Crippen LogP contribution in [0.5, 0.6) is 0 Å². The quantitative estimate of drug-likeness (QED) is 0.503. The highest BCUT2D eigenvalue weighted by atomic mass is 16.1. The first-order chi connectivity index (χ1) is 13.5. The van der Waals surface area contributed by atoms with Gasteiger partial charge in [0.05, 0.1) is 18.4 Å². The van der Waals surface area contributed by atoms with Gasteiger partial charge in [-0.3, -0.25) is 14.2 Å². The lowest BCUT2D eigenvalue weighted by Crippen LogP contribution is -2.25. The summed E-state index contributed by atoms with van der Waals surface area (Å²) in [6.07, 6.45) is 2.92. The van der Waals surface area contributed by atoms with E-state index in [1.807, 2.05) is 57.2 Å². The van der Waals surface area contributed by atoms with Gasteiger partial charge in [0.1, 0.15) is 11.7 Å². The summed E-state index contributed by atoms with van der Waals surface area (Å²) in [5, 5.41) is 4.68. The first-order valence-electron chi connectivity index (χ1n) is 9.19. The fraction of sp³-hybridized carbons (Fsp3) is 0.238. The van der Waals surface area contributed by atoms with Crippen LogP contribution in [-0.4, -0.2) is 29.7 Å². The number of para-hydroxylation sites is 1. The molecule has 0 unspecified atom stereocenters. The molecule has 4 rings (SSSR count). The molecule has 0 aliphatic rings. The summed E-state index contributed by atoms with van der Waals surface area (Å²) in [5.74, 6) is -0.105. The average molecular weight is 375 g/mol. The second kappa shape index (κ2) is 6.92. The van der Waals surface area contributed by atoms with Crippen molar-refractivity contribution in [2.75, 3.05) is 0 Å². The van der Waals surface area contributed by atoms with Crippen LogP contribution in [0.25, 0.3) is 16.7 Å². The van der Waals surface area contributed by atoms with Crippen molar-refractivity contribution in [3.8, 4) is 5.69 Å². The Morgan fingerprint density at radius 3 is 2.57 bits per heavy atom. The van der Waals surface area contributed by atoms with E-state index in [0.717, 1.165) is 23.6 Å². The number of carbonyl (C=O) groups excluding carboxylic acids is 1. The van der Waals surface area contributed by atoms with Crippen LogP contribution in [-0.2, 0) is 13.1 Å². The van der Waals surface area contributed by atoms with Gasteiger partial charge in [-0.15, -0.1) is 0 Å². The maximum atomic E-state index is 12.9. The Kier molecular flexibility index (Phi) is 4.43. The molecule has 0 spiro atoms. The summed E-state index contributed by atoms with van der Waals surface area (Å²) in [4.78, 5) is 30.1. The number of hydrogen-bond acceptors (Lipinski definition) is 4. The molecule has 0 atom stereocenters. The predicted octanol–water partition coefficient (Wildman–Crippen LogP) is 2.90. The highest BCUT2D eigenvalue weighted by Crippen LogP contribution is 2.17. The lowest BCUT2D eigenvalue weighted by Gasteiger charge is -2.07. The molecule has 0 saturated carbocycles. The van der Waals surface area contributed by atoms with E-state index in [9.17, 15) is 9.59 Å². The fourth-order valence-corrected chi connectivity index (χ4v) is 3.63. The van der Waals surface area contributed by atoms with Gasteiger partial charge in [0.15, 0.2) is 11.4 Å². The predicted molar refractivity (Wildman–Crippen MR) is 107 cm³/mol. The van der Waals surface area contributed by atoms with Crippen molar-refractivity contribution < 1.29 is 4.79 Å². The van der Waals surface area contributed by atoms with Crippen LogP contribution in [0.2, 0.25) is 0 Å². The summed E-state index contributed by atoms with van der Waals surface area (Å²) in [5.41, 5.74) is 3.63. The van der Waals surface area contributed by atoms with Crippen molar-refractivity contribution in [1.82, 2.24) is 23.9 Å². The molecule has 0 amide bonds. The molecule has 0 bridgehead atoms. The van der Waals surface area contributed by atoms with Gasteiger partial charge >= 0.3 is 0 Å². The number of carbonyl (C=O) groups is 1. The van der Waals surface area contributed by atoms with Gasteiger partial charge in [-0.2, -0.15) is 5.10 Å². The number of benzene rings is 1. The standard InChI is InChI=1S/C21H21N5O2/c1-4-25-14(2)10-17(15(25)3)19(27)12-24-13-22-20-18(21(24)28)11-23-26(20)16-8-6-5-7-9-16/h5-11,13H,4,12H2,1-3H3. The van der Waals surface area contributed by atoms with Crippen molar-refractivity contribution in [3.05, 3.63) is 76.2 Å². The van der Waals surface area contributed by atoms with Gasteiger partial charge in [-0.1, -0.05) is 18.2 Å². The minimum atomic E-state index is -0.273. The molecule has 7 nitrogen and oxygen atoms in total. The molecule has 0 aliphatic carbocycles. The fourth-order valence-electron chi connectivity index (χ4n) is 3.63. The van der Waals surface area contributed by atoms with Gasteiger partial charge in [0.2, 0.25) is 0 Å². The third kappa shape index (κ3) is 2.85. The van der Waals surface area contributed by atoms with E-state index < -0.39 is 0 Å². The minimum absolute atomic E-state index is 0.0493. The van der Waals surface area contributed by atoms with Crippen molar-refractivity contribution in [2.24, 2.45) is 0 Å². The van der Waals surface area contributed by atoms with E-state index in [1.54, 1.807) is 4.68 Å². The highest BCUT2D eigenvalue weighted by Gasteiger charge is 2.18. The van der Waals surface area contributed by atoms with E-state index in [1.165, 1.54) is 17.1 Å². The highest BCUT2D eigenvalue weighted by molar-refractivity contribution is 5.97. The number of hydrogen-bond donors (Lipinski definition) is 0. The van der Waals surface area contributed by atoms with Crippen LogP contribution < -0.4 is 5.56 Å². The van der Waals surface area contributed by atoms with Crippen LogP contribution in [0.3, 0.4) is 0 Å². The van der Waals surface area contributed by atoms with Gasteiger partial charge in [0, 0.05) is 23.5 Å². The summed E-state index contributed by atoms with van der Waals surface area (Å²) >= 11 is 0. The molecule has 4 aromatic rings. The number of rotatable bonds is 5. The van der Waals surface area contributed by atoms with E-state index in [0.29, 0.717) is 16.6 Å². The zero-order valence-electron chi connectivity index (χ0n) is 16.1. The Bertz CT molecular complexity index is 1230. The van der Waals surface area contributed by atoms with Gasteiger partial charge in [0.25, 0.3) is 5.56 Å². The van der Waals surface area contributed by atoms with Crippen LogP contribution in [0, 0.1) is 13.8 Å². The Morgan fingerprint density at radius 1 is 1.14 bits per heavy atom. The van der Waals surface area contributed by atoms with Crippen molar-refractivity contribution in [2.45, 2.75) is 33.9 Å². The molecule has 1 aromatic carbocycles. The van der Waals surface area contributed by atoms with E-state index >= 15 is 0 Å². The van der Waals surface area contributed by atoms with E-state index in [-0.39, 0.29) is 17.9 Å². The largest absolute Gasteiger partial charge is 0.349 e. The monoisotopic (exact) mass is 375 g/mol. The number of aryl methyl sites for hydroxylation is 1. The lowest BCUT2D eigenvalue weighted by molar-refractivity contribution is 0.0970. The van der Waals surface area contributed by atoms with E-state index in [2.05, 4.69) is 14.6 Å². The molecule has 28 heavy (non-hydrogen) atoms.